The van der Waals surface area contributed by atoms with Gasteiger partial charge in [-0.2, -0.15) is 0 Å². The highest BCUT2D eigenvalue weighted by atomic mass is 32.2. The first-order valence-corrected chi connectivity index (χ1v) is 9.92. The first-order valence-electron chi connectivity index (χ1n) is 9.04. The summed E-state index contributed by atoms with van der Waals surface area (Å²) in [6, 6.07) is 6.25. The molecule has 2 aromatic rings. The number of rotatable bonds is 6. The number of anilines is 1. The Morgan fingerprint density at radius 3 is 2.78 bits per heavy atom. The van der Waals surface area contributed by atoms with Gasteiger partial charge in [0.25, 0.3) is 5.69 Å². The molecule has 8 heteroatoms. The van der Waals surface area contributed by atoms with E-state index in [9.17, 15) is 14.9 Å². The number of nitro benzene ring substituents is 1. The topological polar surface area (TPSA) is 81.3 Å². The summed E-state index contributed by atoms with van der Waals surface area (Å²) < 4.78 is 2.19. The van der Waals surface area contributed by atoms with E-state index in [1.54, 1.807) is 17.0 Å². The molecule has 0 N–H and O–H groups in total. The molecule has 27 heavy (non-hydrogen) atoms. The summed E-state index contributed by atoms with van der Waals surface area (Å²) >= 11 is 1.50. The molecule has 1 fully saturated rings. The maximum absolute atomic E-state index is 12.9. The highest BCUT2D eigenvalue weighted by molar-refractivity contribution is 8.00. The summed E-state index contributed by atoms with van der Waals surface area (Å²) in [6.45, 7) is 9.79. The number of aryl methyl sites for hydroxylation is 1. The molecule has 1 aromatic carbocycles. The average molecular weight is 388 g/mol. The van der Waals surface area contributed by atoms with Crippen LogP contribution < -0.4 is 4.90 Å². The Kier molecular flexibility index (Phi) is 5.55. The van der Waals surface area contributed by atoms with E-state index in [-0.39, 0.29) is 16.8 Å². The lowest BCUT2D eigenvalue weighted by Crippen LogP contribution is -2.28. The van der Waals surface area contributed by atoms with Crippen LogP contribution >= 0.6 is 11.8 Å². The fourth-order valence-corrected chi connectivity index (χ4v) is 4.45. The molecular weight excluding hydrogens is 364 g/mol. The predicted octanol–water partition coefficient (Wildman–Crippen LogP) is 3.96. The van der Waals surface area contributed by atoms with Gasteiger partial charge in [-0.3, -0.25) is 14.9 Å². The summed E-state index contributed by atoms with van der Waals surface area (Å²) in [5, 5.41) is 11.6. The van der Waals surface area contributed by atoms with Crippen molar-refractivity contribution in [3.8, 4) is 0 Å². The molecule has 0 spiro atoms. The number of nitrogens with zero attached hydrogens (tertiary/aromatic N) is 4. The van der Waals surface area contributed by atoms with E-state index in [0.717, 1.165) is 23.1 Å². The van der Waals surface area contributed by atoms with Crippen LogP contribution in [0.2, 0.25) is 0 Å². The van der Waals surface area contributed by atoms with Crippen LogP contribution in [0.3, 0.4) is 0 Å². The van der Waals surface area contributed by atoms with Gasteiger partial charge in [-0.25, -0.2) is 4.98 Å². The fraction of sp³-hybridized carbons (Fsp3) is 0.474. The Hall–Kier alpha value is -2.35. The lowest BCUT2D eigenvalue weighted by Gasteiger charge is -2.17. The van der Waals surface area contributed by atoms with E-state index in [2.05, 4.69) is 30.3 Å². The van der Waals surface area contributed by atoms with Crippen molar-refractivity contribution >= 4 is 29.0 Å². The summed E-state index contributed by atoms with van der Waals surface area (Å²) in [4.78, 5) is 29.8. The summed E-state index contributed by atoms with van der Waals surface area (Å²) in [5.74, 6) is 0.465. The molecule has 2 heterocycles. The first kappa shape index (κ1) is 19.4. The molecular formula is C19H24N4O3S. The van der Waals surface area contributed by atoms with Crippen LogP contribution in [0.4, 0.5) is 11.4 Å². The molecule has 3 rings (SSSR count). The van der Waals surface area contributed by atoms with Gasteiger partial charge >= 0.3 is 0 Å². The Morgan fingerprint density at radius 2 is 2.11 bits per heavy atom. The van der Waals surface area contributed by atoms with Crippen molar-refractivity contribution in [3.63, 3.8) is 0 Å². The average Bonchev–Trinajstić information content (AvgIpc) is 3.10. The molecule has 1 aliphatic heterocycles. The Morgan fingerprint density at radius 1 is 1.37 bits per heavy atom. The van der Waals surface area contributed by atoms with Crippen LogP contribution in [0.5, 0.6) is 0 Å². The van der Waals surface area contributed by atoms with Crippen LogP contribution in [0.25, 0.3) is 0 Å². The number of hydrogen-bond acceptors (Lipinski definition) is 5. The van der Waals surface area contributed by atoms with E-state index in [1.165, 1.54) is 23.9 Å². The van der Waals surface area contributed by atoms with Gasteiger partial charge in [-0.05, 0) is 32.3 Å². The van der Waals surface area contributed by atoms with E-state index in [4.69, 9.17) is 0 Å². The molecule has 1 aliphatic rings. The van der Waals surface area contributed by atoms with E-state index in [0.29, 0.717) is 24.6 Å². The molecule has 7 nitrogen and oxygen atoms in total. The molecule has 0 unspecified atom stereocenters. The van der Waals surface area contributed by atoms with E-state index in [1.807, 2.05) is 6.92 Å². The largest absolute Gasteiger partial charge is 0.323 e. The third-order valence-electron chi connectivity index (χ3n) is 4.73. The maximum Gasteiger partial charge on any atom is 0.271 e. The normalized spacial score (nSPS) is 17.1. The molecule has 1 amide bonds. The van der Waals surface area contributed by atoms with Crippen molar-refractivity contribution in [1.82, 2.24) is 9.55 Å². The number of hydrogen-bond donors (Lipinski definition) is 0. The molecule has 1 aromatic heterocycles. The second-order valence-corrected chi connectivity index (χ2v) is 8.40. The summed E-state index contributed by atoms with van der Waals surface area (Å²) in [5.41, 5.74) is 2.69. The number of carbonyl (C=O) groups excluding carboxylic acids is 1. The van der Waals surface area contributed by atoms with Gasteiger partial charge in [0.1, 0.15) is 0 Å². The predicted molar refractivity (Wildman–Crippen MR) is 106 cm³/mol. The number of imidazole rings is 1. The first-order chi connectivity index (χ1) is 12.8. The second kappa shape index (κ2) is 7.72. The Bertz CT molecular complexity index is 878. The number of thioether (sulfide) groups is 1. The number of nitro groups is 1. The highest BCUT2D eigenvalue weighted by Gasteiger charge is 2.35. The van der Waals surface area contributed by atoms with Gasteiger partial charge in [0, 0.05) is 30.9 Å². The zero-order valence-corrected chi connectivity index (χ0v) is 16.8. The van der Waals surface area contributed by atoms with Gasteiger partial charge in [0.05, 0.1) is 21.6 Å². The number of non-ortho nitro benzene ring substituents is 1. The highest BCUT2D eigenvalue weighted by Crippen LogP contribution is 2.34. The Balaban J connectivity index is 1.79. The maximum atomic E-state index is 12.9. The van der Waals surface area contributed by atoms with Gasteiger partial charge in [0.2, 0.25) is 5.91 Å². The van der Waals surface area contributed by atoms with Crippen molar-refractivity contribution in [1.29, 1.82) is 0 Å². The van der Waals surface area contributed by atoms with Gasteiger partial charge < -0.3 is 9.47 Å². The third kappa shape index (κ3) is 4.00. The minimum Gasteiger partial charge on any atom is -0.323 e. The van der Waals surface area contributed by atoms with Crippen molar-refractivity contribution in [3.05, 3.63) is 45.8 Å². The summed E-state index contributed by atoms with van der Waals surface area (Å²) in [7, 11) is 0. The molecule has 1 saturated heterocycles. The fourth-order valence-electron chi connectivity index (χ4n) is 3.21. The van der Waals surface area contributed by atoms with Gasteiger partial charge in [0.15, 0.2) is 5.16 Å². The zero-order chi connectivity index (χ0) is 19.7. The van der Waals surface area contributed by atoms with Crippen molar-refractivity contribution < 1.29 is 9.72 Å². The van der Waals surface area contributed by atoms with Crippen LogP contribution in [-0.2, 0) is 11.3 Å². The minimum absolute atomic E-state index is 0.00451. The number of amides is 1. The standard InChI is InChI=1S/C19H24N4O3S/c1-12(2)11-22-14(4)13(3)20-19(22)27-17-8-9-21(18(17)24)15-6-5-7-16(10-15)23(25)26/h5-7,10,12,17H,8-9,11H2,1-4H3/t17-/m0/s1. The molecule has 0 aliphatic carbocycles. The van der Waals surface area contributed by atoms with Crippen LogP contribution in [0.1, 0.15) is 31.7 Å². The lowest BCUT2D eigenvalue weighted by atomic mass is 10.2. The van der Waals surface area contributed by atoms with E-state index >= 15 is 0 Å². The van der Waals surface area contributed by atoms with Crippen molar-refractivity contribution in [2.24, 2.45) is 5.92 Å². The van der Waals surface area contributed by atoms with E-state index < -0.39 is 4.92 Å². The molecule has 0 bridgehead atoms. The van der Waals surface area contributed by atoms with Crippen LogP contribution in [0, 0.1) is 29.9 Å². The SMILES string of the molecule is Cc1nc(S[C@H]2CCN(c3cccc([N+](=O)[O-])c3)C2=O)n(CC(C)C)c1C. The third-order valence-corrected chi connectivity index (χ3v) is 5.97. The molecule has 1 atom stereocenters. The minimum atomic E-state index is -0.440. The van der Waals surface area contributed by atoms with Gasteiger partial charge in [-0.1, -0.05) is 31.7 Å². The van der Waals surface area contributed by atoms with Crippen molar-refractivity contribution in [2.45, 2.75) is 51.1 Å². The lowest BCUT2D eigenvalue weighted by molar-refractivity contribution is -0.384. The van der Waals surface area contributed by atoms with Gasteiger partial charge in [-0.15, -0.1) is 0 Å². The van der Waals surface area contributed by atoms with Crippen LogP contribution in [-0.4, -0.2) is 32.2 Å². The monoisotopic (exact) mass is 388 g/mol. The van der Waals surface area contributed by atoms with Crippen LogP contribution in [0.15, 0.2) is 29.4 Å². The Labute approximate surface area is 162 Å². The number of aromatic nitrogens is 2. The molecule has 144 valence electrons. The second-order valence-electron chi connectivity index (χ2n) is 7.23. The molecule has 0 radical (unpaired) electrons. The molecule has 0 saturated carbocycles. The quantitative estimate of drug-likeness (QED) is 0.553. The number of carbonyl (C=O) groups is 1. The smallest absolute Gasteiger partial charge is 0.271 e. The summed E-state index contributed by atoms with van der Waals surface area (Å²) in [6.07, 6.45) is 0.693. The van der Waals surface area contributed by atoms with Crippen molar-refractivity contribution in [2.75, 3.05) is 11.4 Å². The zero-order valence-electron chi connectivity index (χ0n) is 16.0. The number of benzene rings is 1.